The molecule has 2 radical (unpaired) electrons. The van der Waals surface area contributed by atoms with Gasteiger partial charge < -0.3 is 10.2 Å². The first-order valence-corrected chi connectivity index (χ1v) is 11.2. The van der Waals surface area contributed by atoms with Gasteiger partial charge in [0.15, 0.2) is 0 Å². The van der Waals surface area contributed by atoms with Gasteiger partial charge in [0, 0.05) is 40.0 Å². The molecule has 1 aromatic carbocycles. The van der Waals surface area contributed by atoms with Crippen molar-refractivity contribution in [1.82, 2.24) is 0 Å². The van der Waals surface area contributed by atoms with Crippen LogP contribution in [0.1, 0.15) is 107 Å². The predicted octanol–water partition coefficient (Wildman–Crippen LogP) is 7.49. The Labute approximate surface area is 209 Å². The van der Waals surface area contributed by atoms with Crippen LogP contribution in [-0.2, 0) is 38.4 Å². The van der Waals surface area contributed by atoms with Gasteiger partial charge in [0.1, 0.15) is 0 Å². The van der Waals surface area contributed by atoms with Crippen molar-refractivity contribution in [3.05, 3.63) is 48.0 Å². The first kappa shape index (κ1) is 34.5. The van der Waals surface area contributed by atoms with Gasteiger partial charge in [-0.15, -0.1) is 0 Å². The Kier molecular flexibility index (Phi) is 30.0. The molecule has 6 heteroatoms. The molecule has 0 aliphatic rings. The van der Waals surface area contributed by atoms with Crippen LogP contribution in [0.5, 0.6) is 0 Å². The fraction of sp³-hybridized carbons (Fsp3) is 0.600. The Bertz CT molecular complexity index is 548. The Hall–Kier alpha value is -1.09. The summed E-state index contributed by atoms with van der Waals surface area (Å²) in [5, 5.41) is 16.9. The molecule has 1 rings (SSSR count). The van der Waals surface area contributed by atoms with Crippen LogP contribution in [0, 0.1) is 0 Å². The number of allylic oxidation sites excluding steroid dienone is 2. The smallest absolute Gasteiger partial charge is 0.335 e. The van der Waals surface area contributed by atoms with Gasteiger partial charge in [-0.05, 0) is 44.2 Å². The first-order valence-electron chi connectivity index (χ1n) is 11.2. The summed E-state index contributed by atoms with van der Waals surface area (Å²) >= 11 is 0. The summed E-state index contributed by atoms with van der Waals surface area (Å²) in [4.78, 5) is 20.5. The van der Waals surface area contributed by atoms with Crippen molar-refractivity contribution in [2.75, 3.05) is 0 Å². The average molecular weight is 522 g/mol. The topological polar surface area (TPSA) is 74.6 Å². The van der Waals surface area contributed by atoms with Crippen molar-refractivity contribution in [3.63, 3.8) is 0 Å². The van der Waals surface area contributed by atoms with E-state index < -0.39 is 11.9 Å². The number of hydrogen-bond acceptors (Lipinski definition) is 2. The maximum atomic E-state index is 10.3. The molecule has 0 unspecified atom stereocenters. The molecule has 0 aromatic heterocycles. The second kappa shape index (κ2) is 26.9. The van der Waals surface area contributed by atoms with Crippen LogP contribution in [0.3, 0.4) is 0 Å². The summed E-state index contributed by atoms with van der Waals surface area (Å²) in [5.74, 6) is -1.54. The number of aliphatic carboxylic acids is 1. The molecule has 0 aliphatic carbocycles. The van der Waals surface area contributed by atoms with Gasteiger partial charge in [-0.1, -0.05) is 88.6 Å². The number of benzene rings is 1. The predicted molar refractivity (Wildman–Crippen MR) is 120 cm³/mol. The molecule has 0 fully saturated rings. The number of carboxylic acid groups (broad SMARTS) is 2. The summed E-state index contributed by atoms with van der Waals surface area (Å²) in [6, 6.07) is 8.30. The van der Waals surface area contributed by atoms with Gasteiger partial charge in [0.05, 0.1) is 5.56 Å². The number of carbonyl (C=O) groups is 2. The van der Waals surface area contributed by atoms with Crippen LogP contribution in [0.2, 0.25) is 0 Å². The summed E-state index contributed by atoms with van der Waals surface area (Å²) in [5.41, 5.74) is 0.331. The van der Waals surface area contributed by atoms with Gasteiger partial charge in [-0.25, -0.2) is 4.79 Å². The van der Waals surface area contributed by atoms with Gasteiger partial charge in [-0.2, -0.15) is 0 Å². The number of carboxylic acids is 2. The van der Waals surface area contributed by atoms with Crippen LogP contribution < -0.4 is 0 Å². The van der Waals surface area contributed by atoms with E-state index in [0.717, 1.165) is 12.8 Å². The minimum absolute atomic E-state index is 0. The van der Waals surface area contributed by atoms with Crippen molar-refractivity contribution < 1.29 is 53.4 Å². The second-order valence-electron chi connectivity index (χ2n) is 7.40. The Morgan fingerprint density at radius 3 is 1.58 bits per heavy atom. The van der Waals surface area contributed by atoms with E-state index in [9.17, 15) is 9.59 Å². The van der Waals surface area contributed by atoms with Crippen LogP contribution in [0.4, 0.5) is 0 Å². The van der Waals surface area contributed by atoms with Gasteiger partial charge in [0.2, 0.25) is 0 Å². The monoisotopic (exact) mass is 522 g/mol. The molecule has 1 aromatic rings. The molecule has 31 heavy (non-hydrogen) atoms. The molecule has 0 spiro atoms. The number of rotatable bonds is 16. The normalized spacial score (nSPS) is 9.84. The SMILES string of the molecule is CCCCCCCC/C=C\CCCCCCCC(=O)O.O=C(O)c1ccccc1.[Co].[Co]. The molecule has 0 bridgehead atoms. The van der Waals surface area contributed by atoms with E-state index in [0.29, 0.717) is 12.0 Å². The van der Waals surface area contributed by atoms with Crippen LogP contribution in [0.25, 0.3) is 0 Å². The number of aromatic carboxylic acids is 1. The molecule has 0 heterocycles. The minimum atomic E-state index is -0.879. The first-order chi connectivity index (χ1) is 14.1. The quantitative estimate of drug-likeness (QED) is 0.174. The molecule has 4 nitrogen and oxygen atoms in total. The summed E-state index contributed by atoms with van der Waals surface area (Å²) in [7, 11) is 0. The van der Waals surface area contributed by atoms with Crippen molar-refractivity contribution in [3.8, 4) is 0 Å². The zero-order valence-electron chi connectivity index (χ0n) is 18.8. The molecule has 0 aliphatic heterocycles. The standard InChI is InChI=1S/C18H34O2.C7H6O2.2Co/c1-2-3-4-5-6-7-8-9-10-11-12-13-14-15-16-17-18(19)20;8-7(9)6-4-2-1-3-5-6;;/h9-10H,2-8,11-17H2,1H3,(H,19,20);1-5H,(H,8,9);;/b10-9-;;;. The maximum absolute atomic E-state index is 10.3. The van der Waals surface area contributed by atoms with Gasteiger partial charge in [0.25, 0.3) is 0 Å². The maximum Gasteiger partial charge on any atom is 0.335 e. The molecular formula is C25H40Co2O4. The molecule has 2 N–H and O–H groups in total. The third kappa shape index (κ3) is 26.9. The van der Waals surface area contributed by atoms with Crippen molar-refractivity contribution in [2.24, 2.45) is 0 Å². The molecule has 0 saturated carbocycles. The molecular weight excluding hydrogens is 482 g/mol. The summed E-state index contributed by atoms with van der Waals surface area (Å²) < 4.78 is 0. The Balaban J connectivity index is -0.000000598. The average Bonchev–Trinajstić information content (AvgIpc) is 2.72. The second-order valence-corrected chi connectivity index (χ2v) is 7.40. The van der Waals surface area contributed by atoms with Crippen molar-refractivity contribution in [1.29, 1.82) is 0 Å². The Morgan fingerprint density at radius 2 is 1.16 bits per heavy atom. The van der Waals surface area contributed by atoms with Gasteiger partial charge >= 0.3 is 11.9 Å². The zero-order valence-corrected chi connectivity index (χ0v) is 20.9. The van der Waals surface area contributed by atoms with E-state index >= 15 is 0 Å². The summed E-state index contributed by atoms with van der Waals surface area (Å²) in [6.07, 6.45) is 21.2. The summed E-state index contributed by atoms with van der Waals surface area (Å²) in [6.45, 7) is 2.26. The Morgan fingerprint density at radius 1 is 0.710 bits per heavy atom. The third-order valence-corrected chi connectivity index (χ3v) is 4.67. The fourth-order valence-electron chi connectivity index (χ4n) is 2.93. The zero-order chi connectivity index (χ0) is 21.6. The van der Waals surface area contributed by atoms with E-state index in [1.165, 1.54) is 70.6 Å². The van der Waals surface area contributed by atoms with Crippen LogP contribution >= 0.6 is 0 Å². The fourth-order valence-corrected chi connectivity index (χ4v) is 2.93. The van der Waals surface area contributed by atoms with Gasteiger partial charge in [-0.3, -0.25) is 4.79 Å². The largest absolute Gasteiger partial charge is 0.481 e. The van der Waals surface area contributed by atoms with E-state index in [1.807, 2.05) is 0 Å². The van der Waals surface area contributed by atoms with E-state index in [1.54, 1.807) is 30.3 Å². The molecule has 0 saturated heterocycles. The van der Waals surface area contributed by atoms with E-state index in [4.69, 9.17) is 10.2 Å². The van der Waals surface area contributed by atoms with Crippen LogP contribution in [-0.4, -0.2) is 22.2 Å². The molecule has 182 valence electrons. The minimum Gasteiger partial charge on any atom is -0.481 e. The molecule has 0 amide bonds. The van der Waals surface area contributed by atoms with Crippen molar-refractivity contribution >= 4 is 11.9 Å². The van der Waals surface area contributed by atoms with E-state index in [2.05, 4.69) is 19.1 Å². The third-order valence-electron chi connectivity index (χ3n) is 4.67. The van der Waals surface area contributed by atoms with Crippen molar-refractivity contribution in [2.45, 2.75) is 96.8 Å². The number of unbranched alkanes of at least 4 members (excludes halogenated alkanes) is 11. The molecule has 0 atom stereocenters. The van der Waals surface area contributed by atoms with Crippen LogP contribution in [0.15, 0.2) is 42.5 Å². The van der Waals surface area contributed by atoms with E-state index in [-0.39, 0.29) is 33.6 Å². The number of hydrogen-bond donors (Lipinski definition) is 2.